The number of hydrazone groups is 1. The van der Waals surface area contributed by atoms with Gasteiger partial charge < -0.3 is 5.73 Å². The summed E-state index contributed by atoms with van der Waals surface area (Å²) in [6, 6.07) is 7.08. The molecule has 2 rings (SSSR count). The number of fused-ring (bicyclic) bond motifs is 1. The van der Waals surface area contributed by atoms with Gasteiger partial charge in [-0.3, -0.25) is 19.9 Å². The van der Waals surface area contributed by atoms with Crippen LogP contribution in [0.5, 0.6) is 0 Å². The zero-order chi connectivity index (χ0) is 19.7. The van der Waals surface area contributed by atoms with Crippen LogP contribution in [0.2, 0.25) is 0 Å². The Balaban J connectivity index is 2.69. The fraction of sp³-hybridized carbons (Fsp3) is 0. The molecule has 0 fully saturated rings. The van der Waals surface area contributed by atoms with E-state index in [1.54, 1.807) is 6.07 Å². The molecule has 0 saturated carbocycles. The molecule has 2 aromatic carbocycles. The molecule has 0 aliphatic rings. The van der Waals surface area contributed by atoms with Crippen LogP contribution < -0.4 is 11.2 Å². The number of rotatable bonds is 5. The molecule has 0 heterocycles. The highest BCUT2D eigenvalue weighted by atomic mass is 32.2. The molecule has 0 amide bonds. The van der Waals surface area contributed by atoms with Crippen LogP contribution in [0, 0.1) is 16.7 Å². The first kappa shape index (κ1) is 19.3. The topological polar surface area (TPSA) is 207 Å². The zero-order valence-electron chi connectivity index (χ0n) is 12.7. The Morgan fingerprint density at radius 1 is 1.15 bits per heavy atom. The molecule has 0 bridgehead atoms. The molecule has 26 heavy (non-hydrogen) atoms. The highest BCUT2D eigenvalue weighted by Crippen LogP contribution is 2.29. The van der Waals surface area contributed by atoms with Crippen molar-refractivity contribution in [2.24, 2.45) is 10.8 Å². The molecular formula is C13H11N5O6S2. The molecule has 0 spiro atoms. The molecule has 0 aliphatic heterocycles. The van der Waals surface area contributed by atoms with E-state index in [1.807, 2.05) is 0 Å². The lowest BCUT2D eigenvalue weighted by Gasteiger charge is -2.09. The molecule has 6 N–H and O–H groups in total. The molecule has 0 atom stereocenters. The van der Waals surface area contributed by atoms with Crippen molar-refractivity contribution in [2.45, 2.75) is 9.79 Å². The van der Waals surface area contributed by atoms with Gasteiger partial charge in [-0.05, 0) is 29.7 Å². The van der Waals surface area contributed by atoms with E-state index >= 15 is 0 Å². The second kappa shape index (κ2) is 6.69. The van der Waals surface area contributed by atoms with Crippen LogP contribution in [-0.4, -0.2) is 37.5 Å². The molecule has 13 heteroatoms. The van der Waals surface area contributed by atoms with Gasteiger partial charge in [0.15, 0.2) is 5.84 Å². The quantitative estimate of drug-likeness (QED) is 0.206. The van der Waals surface area contributed by atoms with Gasteiger partial charge in [-0.2, -0.15) is 27.2 Å². The third-order valence-corrected chi connectivity index (χ3v) is 4.85. The van der Waals surface area contributed by atoms with E-state index in [4.69, 9.17) is 21.0 Å². The molecule has 0 unspecified atom stereocenters. The van der Waals surface area contributed by atoms with Crippen LogP contribution >= 0.6 is 0 Å². The van der Waals surface area contributed by atoms with Crippen LogP contribution in [0.4, 0.5) is 5.69 Å². The van der Waals surface area contributed by atoms with Gasteiger partial charge in [0.05, 0.1) is 10.6 Å². The smallest absolute Gasteiger partial charge is 0.295 e. The summed E-state index contributed by atoms with van der Waals surface area (Å²) in [7, 11) is -9.53. The Kier molecular flexibility index (Phi) is 4.96. The minimum atomic E-state index is -4.82. The van der Waals surface area contributed by atoms with Gasteiger partial charge in [0.1, 0.15) is 11.0 Å². The predicted molar refractivity (Wildman–Crippen MR) is 92.2 cm³/mol. The van der Waals surface area contributed by atoms with E-state index in [0.717, 1.165) is 6.07 Å². The van der Waals surface area contributed by atoms with Crippen molar-refractivity contribution in [1.29, 1.82) is 10.7 Å². The summed E-state index contributed by atoms with van der Waals surface area (Å²) in [4.78, 5) is -1.46. The van der Waals surface area contributed by atoms with Crippen molar-refractivity contribution in [1.82, 2.24) is 0 Å². The van der Waals surface area contributed by atoms with Gasteiger partial charge in [-0.1, -0.05) is 6.07 Å². The summed E-state index contributed by atoms with van der Waals surface area (Å²) in [6.07, 6.45) is 0. The second-order valence-electron chi connectivity index (χ2n) is 4.91. The lowest BCUT2D eigenvalue weighted by Crippen LogP contribution is -2.21. The molecule has 0 radical (unpaired) electrons. The maximum absolute atomic E-state index is 11.6. The number of amidine groups is 1. The predicted octanol–water partition coefficient (Wildman–Crippen LogP) is 0.561. The van der Waals surface area contributed by atoms with Crippen molar-refractivity contribution in [3.05, 3.63) is 30.3 Å². The van der Waals surface area contributed by atoms with Gasteiger partial charge >= 0.3 is 0 Å². The van der Waals surface area contributed by atoms with E-state index in [-0.39, 0.29) is 16.5 Å². The van der Waals surface area contributed by atoms with Crippen molar-refractivity contribution in [2.75, 3.05) is 5.43 Å². The van der Waals surface area contributed by atoms with Crippen LogP contribution in [0.25, 0.3) is 10.8 Å². The third-order valence-electron chi connectivity index (χ3n) is 3.12. The van der Waals surface area contributed by atoms with Crippen LogP contribution in [-0.2, 0) is 20.2 Å². The van der Waals surface area contributed by atoms with Gasteiger partial charge in [0, 0.05) is 5.39 Å². The minimum Gasteiger partial charge on any atom is -0.382 e. The summed E-state index contributed by atoms with van der Waals surface area (Å²) in [6.45, 7) is 0. The van der Waals surface area contributed by atoms with Crippen LogP contribution in [0.1, 0.15) is 0 Å². The monoisotopic (exact) mass is 397 g/mol. The van der Waals surface area contributed by atoms with Gasteiger partial charge in [-0.25, -0.2) is 0 Å². The second-order valence-corrected chi connectivity index (χ2v) is 7.72. The van der Waals surface area contributed by atoms with E-state index < -0.39 is 41.6 Å². The largest absolute Gasteiger partial charge is 0.382 e. The average molecular weight is 397 g/mol. The fourth-order valence-corrected chi connectivity index (χ4v) is 3.34. The number of nitrogens with zero attached hydrogens (tertiary/aromatic N) is 2. The summed E-state index contributed by atoms with van der Waals surface area (Å²) < 4.78 is 64.2. The van der Waals surface area contributed by atoms with Gasteiger partial charge in [0.25, 0.3) is 20.2 Å². The summed E-state index contributed by atoms with van der Waals surface area (Å²) in [5.74, 6) is -0.586. The molecular weight excluding hydrogens is 386 g/mol. The lowest BCUT2D eigenvalue weighted by atomic mass is 10.1. The van der Waals surface area contributed by atoms with E-state index in [9.17, 15) is 21.4 Å². The molecule has 11 nitrogen and oxygen atoms in total. The van der Waals surface area contributed by atoms with E-state index in [0.29, 0.717) is 6.07 Å². The van der Waals surface area contributed by atoms with E-state index in [1.165, 1.54) is 18.2 Å². The third kappa shape index (κ3) is 4.13. The Morgan fingerprint density at radius 2 is 1.81 bits per heavy atom. The summed E-state index contributed by atoms with van der Waals surface area (Å²) in [5, 5.41) is 19.5. The van der Waals surface area contributed by atoms with Gasteiger partial charge in [-0.15, -0.1) is 0 Å². The standard InChI is InChI=1S/C13H11N5O6S2/c14-6-11(13(15)16)18-17-8-2-1-7-3-9(25(19,20)21)5-12(10(7)4-8)26(22,23)24/h1-5,17H,(H3,15,16)(H,19,20,21)(H,22,23,24)/b18-11+. The number of hydrogen-bond acceptors (Lipinski definition) is 8. The first-order valence-electron chi connectivity index (χ1n) is 6.54. The first-order chi connectivity index (χ1) is 11.9. The number of nitrogens with two attached hydrogens (primary N) is 1. The van der Waals surface area contributed by atoms with Gasteiger partial charge in [0.2, 0.25) is 5.71 Å². The van der Waals surface area contributed by atoms with Crippen molar-refractivity contribution in [3.8, 4) is 6.07 Å². The molecule has 0 aromatic heterocycles. The van der Waals surface area contributed by atoms with Crippen molar-refractivity contribution >= 4 is 48.2 Å². The molecule has 0 aliphatic carbocycles. The Bertz CT molecular complexity index is 1200. The number of nitrogens with one attached hydrogen (secondary N) is 2. The minimum absolute atomic E-state index is 0.0681. The number of nitriles is 1. The van der Waals surface area contributed by atoms with E-state index in [2.05, 4.69) is 10.5 Å². The average Bonchev–Trinajstić information content (AvgIpc) is 2.52. The van der Waals surface area contributed by atoms with Crippen LogP contribution in [0.15, 0.2) is 45.2 Å². The maximum Gasteiger partial charge on any atom is 0.295 e. The SMILES string of the molecule is N#C/C(=N\Nc1ccc2cc(S(=O)(=O)O)cc(S(=O)(=O)O)c2c1)C(=N)N. The highest BCUT2D eigenvalue weighted by molar-refractivity contribution is 7.86. The normalized spacial score (nSPS) is 12.6. The maximum atomic E-state index is 11.6. The molecule has 2 aromatic rings. The van der Waals surface area contributed by atoms with Crippen molar-refractivity contribution < 1.29 is 25.9 Å². The lowest BCUT2D eigenvalue weighted by molar-refractivity contribution is 0.482. The van der Waals surface area contributed by atoms with Crippen LogP contribution in [0.3, 0.4) is 0 Å². The number of hydrogen-bond donors (Lipinski definition) is 5. The molecule has 0 saturated heterocycles. The summed E-state index contributed by atoms with van der Waals surface area (Å²) in [5.41, 5.74) is 7.28. The Labute approximate surface area is 147 Å². The number of anilines is 1. The summed E-state index contributed by atoms with van der Waals surface area (Å²) >= 11 is 0. The fourth-order valence-electron chi connectivity index (χ4n) is 2.00. The zero-order valence-corrected chi connectivity index (χ0v) is 14.3. The first-order valence-corrected chi connectivity index (χ1v) is 9.42. The number of benzene rings is 2. The van der Waals surface area contributed by atoms with Crippen molar-refractivity contribution in [3.63, 3.8) is 0 Å². The Hall–Kier alpha value is -3.05. The highest BCUT2D eigenvalue weighted by Gasteiger charge is 2.20. The Morgan fingerprint density at radius 3 is 2.31 bits per heavy atom. The molecule has 136 valence electrons.